The summed E-state index contributed by atoms with van der Waals surface area (Å²) in [6.07, 6.45) is 6.60. The zero-order valence-electron chi connectivity index (χ0n) is 5.55. The monoisotopic (exact) mass is 134 g/mol. The molecule has 1 aliphatic carbocycles. The zero-order chi connectivity index (χ0) is 6.41. The topological polar surface area (TPSA) is 20.2 Å². The Morgan fingerprint density at radius 3 is 1.88 bits per heavy atom. The Labute approximate surface area is 55.5 Å². The minimum absolute atomic E-state index is 0.417. The second-order valence-corrected chi connectivity index (χ2v) is 2.85. The van der Waals surface area contributed by atoms with E-state index in [0.29, 0.717) is 12.5 Å². The third kappa shape index (κ3) is 6.31. The van der Waals surface area contributed by atoms with E-state index in [1.54, 1.807) is 11.8 Å². The van der Waals surface area contributed by atoms with Gasteiger partial charge in [0.1, 0.15) is 0 Å². The van der Waals surface area contributed by atoms with Crippen molar-refractivity contribution in [1.82, 2.24) is 0 Å². The summed E-state index contributed by atoms with van der Waals surface area (Å²) in [6, 6.07) is 0. The molecular weight excluding hydrogens is 120 g/mol. The van der Waals surface area contributed by atoms with Crippen molar-refractivity contribution >= 4 is 11.8 Å². The third-order valence-corrected chi connectivity index (χ3v) is 0.955. The molecule has 0 unspecified atom stereocenters. The molecule has 50 valence electrons. The maximum absolute atomic E-state index is 8.21. The van der Waals surface area contributed by atoms with Gasteiger partial charge >= 0.3 is 0 Å². The summed E-state index contributed by atoms with van der Waals surface area (Å²) in [4.78, 5) is 0. The lowest BCUT2D eigenvalue weighted by Crippen LogP contribution is -1.78. The fraction of sp³-hybridized carbons (Fsp3) is 1.00. The highest BCUT2D eigenvalue weighted by atomic mass is 32.2. The standard InChI is InChI=1S/C4H8O.C2H6S/c5-3-4-1-2-4;1-3-2/h4-5H,1-3H2;1-2H3. The number of aliphatic hydroxyl groups is 1. The molecule has 1 saturated carbocycles. The molecule has 0 atom stereocenters. The number of hydrogen-bond donors (Lipinski definition) is 1. The van der Waals surface area contributed by atoms with E-state index >= 15 is 0 Å². The fourth-order valence-corrected chi connectivity index (χ4v) is 0.300. The van der Waals surface area contributed by atoms with Gasteiger partial charge in [0.25, 0.3) is 0 Å². The summed E-state index contributed by atoms with van der Waals surface area (Å²) in [6.45, 7) is 0.417. The van der Waals surface area contributed by atoms with Gasteiger partial charge in [-0.3, -0.25) is 0 Å². The maximum atomic E-state index is 8.21. The van der Waals surface area contributed by atoms with Gasteiger partial charge in [-0.05, 0) is 31.3 Å². The molecule has 1 rings (SSSR count). The van der Waals surface area contributed by atoms with E-state index in [9.17, 15) is 0 Å². The van der Waals surface area contributed by atoms with E-state index in [-0.39, 0.29) is 0 Å². The number of rotatable bonds is 1. The minimum atomic E-state index is 0.417. The number of hydrogen-bond acceptors (Lipinski definition) is 2. The van der Waals surface area contributed by atoms with Crippen molar-refractivity contribution in [2.75, 3.05) is 19.1 Å². The van der Waals surface area contributed by atoms with Gasteiger partial charge in [-0.25, -0.2) is 0 Å². The molecule has 1 N–H and O–H groups in total. The molecule has 0 radical (unpaired) electrons. The van der Waals surface area contributed by atoms with Crippen LogP contribution in [-0.4, -0.2) is 24.2 Å². The SMILES string of the molecule is CSC.OCC1CC1. The Morgan fingerprint density at radius 2 is 1.88 bits per heavy atom. The molecular formula is C6H14OS. The lowest BCUT2D eigenvalue weighted by atomic mass is 10.5. The van der Waals surface area contributed by atoms with Crippen molar-refractivity contribution in [2.45, 2.75) is 12.8 Å². The fourth-order valence-electron chi connectivity index (χ4n) is 0.300. The smallest absolute Gasteiger partial charge is 0.0459 e. The quantitative estimate of drug-likeness (QED) is 0.584. The Balaban J connectivity index is 0.000000145. The maximum Gasteiger partial charge on any atom is 0.0459 e. The van der Waals surface area contributed by atoms with E-state index < -0.39 is 0 Å². The molecule has 1 aliphatic rings. The highest BCUT2D eigenvalue weighted by Gasteiger charge is 2.18. The molecule has 0 heterocycles. The molecule has 0 aliphatic heterocycles. The predicted molar refractivity (Wildman–Crippen MR) is 39.2 cm³/mol. The molecule has 8 heavy (non-hydrogen) atoms. The summed E-state index contributed by atoms with van der Waals surface area (Å²) >= 11 is 1.75. The van der Waals surface area contributed by atoms with Crippen LogP contribution >= 0.6 is 11.8 Å². The highest BCUT2D eigenvalue weighted by Crippen LogP contribution is 2.27. The first-order valence-electron chi connectivity index (χ1n) is 2.86. The first-order valence-corrected chi connectivity index (χ1v) is 4.49. The van der Waals surface area contributed by atoms with Gasteiger partial charge in [0.2, 0.25) is 0 Å². The van der Waals surface area contributed by atoms with E-state index in [2.05, 4.69) is 0 Å². The molecule has 0 aromatic carbocycles. The summed E-state index contributed by atoms with van der Waals surface area (Å²) in [7, 11) is 0. The van der Waals surface area contributed by atoms with Crippen LogP contribution in [0.15, 0.2) is 0 Å². The average molecular weight is 134 g/mol. The zero-order valence-corrected chi connectivity index (χ0v) is 6.37. The van der Waals surface area contributed by atoms with Crippen LogP contribution in [0.2, 0.25) is 0 Å². The molecule has 1 nitrogen and oxygen atoms in total. The van der Waals surface area contributed by atoms with Crippen LogP contribution in [0.5, 0.6) is 0 Å². The molecule has 0 amide bonds. The molecule has 0 bridgehead atoms. The largest absolute Gasteiger partial charge is 0.396 e. The summed E-state index contributed by atoms with van der Waals surface area (Å²) in [5, 5.41) is 8.21. The Kier molecular flexibility index (Phi) is 5.66. The second-order valence-electron chi connectivity index (χ2n) is 2.03. The van der Waals surface area contributed by atoms with E-state index in [0.717, 1.165) is 0 Å². The first kappa shape index (κ1) is 8.31. The van der Waals surface area contributed by atoms with Crippen molar-refractivity contribution in [3.8, 4) is 0 Å². The molecule has 0 aromatic rings. The number of thioether (sulfide) groups is 1. The molecule has 0 aromatic heterocycles. The van der Waals surface area contributed by atoms with Gasteiger partial charge in [0.15, 0.2) is 0 Å². The summed E-state index contributed by atoms with van der Waals surface area (Å²) in [5.41, 5.74) is 0. The van der Waals surface area contributed by atoms with Crippen LogP contribution in [0.4, 0.5) is 0 Å². The van der Waals surface area contributed by atoms with Gasteiger partial charge in [0.05, 0.1) is 0 Å². The molecule has 0 spiro atoms. The van der Waals surface area contributed by atoms with Crippen molar-refractivity contribution in [3.63, 3.8) is 0 Å². The molecule has 1 fully saturated rings. The lowest BCUT2D eigenvalue weighted by Gasteiger charge is -1.73. The average Bonchev–Trinajstić information content (AvgIpc) is 2.48. The third-order valence-electron chi connectivity index (χ3n) is 0.955. The Hall–Kier alpha value is 0.310. The van der Waals surface area contributed by atoms with Crippen LogP contribution < -0.4 is 0 Å². The van der Waals surface area contributed by atoms with Gasteiger partial charge < -0.3 is 5.11 Å². The first-order chi connectivity index (χ1) is 3.85. The Morgan fingerprint density at radius 1 is 1.50 bits per heavy atom. The van der Waals surface area contributed by atoms with Crippen molar-refractivity contribution in [1.29, 1.82) is 0 Å². The van der Waals surface area contributed by atoms with E-state index in [4.69, 9.17) is 5.11 Å². The van der Waals surface area contributed by atoms with Crippen LogP contribution in [0, 0.1) is 5.92 Å². The van der Waals surface area contributed by atoms with E-state index in [1.165, 1.54) is 12.8 Å². The normalized spacial score (nSPS) is 16.9. The second kappa shape index (κ2) is 5.45. The van der Waals surface area contributed by atoms with Crippen molar-refractivity contribution in [3.05, 3.63) is 0 Å². The van der Waals surface area contributed by atoms with Gasteiger partial charge in [-0.1, -0.05) is 0 Å². The van der Waals surface area contributed by atoms with E-state index in [1.807, 2.05) is 12.5 Å². The minimum Gasteiger partial charge on any atom is -0.396 e. The van der Waals surface area contributed by atoms with Crippen LogP contribution in [-0.2, 0) is 0 Å². The number of aliphatic hydroxyl groups excluding tert-OH is 1. The van der Waals surface area contributed by atoms with Crippen LogP contribution in [0.25, 0.3) is 0 Å². The predicted octanol–water partition coefficient (Wildman–Crippen LogP) is 1.37. The molecule has 0 saturated heterocycles. The Bertz CT molecular complexity index is 43.8. The van der Waals surface area contributed by atoms with Crippen LogP contribution in [0.1, 0.15) is 12.8 Å². The summed E-state index contributed by atoms with van der Waals surface area (Å²) < 4.78 is 0. The van der Waals surface area contributed by atoms with Gasteiger partial charge in [0, 0.05) is 6.61 Å². The van der Waals surface area contributed by atoms with Crippen LogP contribution in [0.3, 0.4) is 0 Å². The molecule has 2 heteroatoms. The summed E-state index contributed by atoms with van der Waals surface area (Å²) in [5.74, 6) is 0.690. The van der Waals surface area contributed by atoms with Crippen molar-refractivity contribution < 1.29 is 5.11 Å². The van der Waals surface area contributed by atoms with Gasteiger partial charge in [-0.2, -0.15) is 11.8 Å². The van der Waals surface area contributed by atoms with Crippen molar-refractivity contribution in [2.24, 2.45) is 5.92 Å². The lowest BCUT2D eigenvalue weighted by molar-refractivity contribution is 0.277. The van der Waals surface area contributed by atoms with Gasteiger partial charge in [-0.15, -0.1) is 0 Å². The highest BCUT2D eigenvalue weighted by molar-refractivity contribution is 7.97.